The number of hydrazine groups is 2. The lowest BCUT2D eigenvalue weighted by Crippen LogP contribution is -2.46. The van der Waals surface area contributed by atoms with Gasteiger partial charge in [0.05, 0.1) is 11.5 Å². The van der Waals surface area contributed by atoms with Crippen LogP contribution in [-0.2, 0) is 32.0 Å². The Morgan fingerprint density at radius 2 is 0.960 bits per heavy atom. The number of halogens is 2. The maximum Gasteiger partial charge on any atom is 0.276 e. The molecule has 4 aromatic carbocycles. The largest absolute Gasteiger partial charge is 0.484 e. The number of rotatable bonds is 13. The third-order valence-corrected chi connectivity index (χ3v) is 10.8. The van der Waals surface area contributed by atoms with E-state index in [1.807, 2.05) is 72.8 Å². The van der Waals surface area contributed by atoms with Crippen LogP contribution in [0.1, 0.15) is 33.0 Å². The summed E-state index contributed by atoms with van der Waals surface area (Å²) < 4.78 is 11.3. The van der Waals surface area contributed by atoms with Crippen molar-refractivity contribution >= 4 is 70.4 Å². The second-order valence-corrected chi connectivity index (χ2v) is 14.4. The van der Waals surface area contributed by atoms with Crippen molar-refractivity contribution in [2.24, 2.45) is 0 Å². The smallest absolute Gasteiger partial charge is 0.276 e. The van der Waals surface area contributed by atoms with Crippen LogP contribution < -0.4 is 20.3 Å². The minimum Gasteiger partial charge on any atom is -0.484 e. The van der Waals surface area contributed by atoms with Gasteiger partial charge < -0.3 is 9.47 Å². The van der Waals surface area contributed by atoms with E-state index in [-0.39, 0.29) is 47.3 Å². The van der Waals surface area contributed by atoms with Gasteiger partial charge in [-0.05, 0) is 83.6 Å². The van der Waals surface area contributed by atoms with Crippen LogP contribution in [0.3, 0.4) is 0 Å². The van der Waals surface area contributed by atoms with Gasteiger partial charge in [0.15, 0.2) is 13.2 Å². The van der Waals surface area contributed by atoms with E-state index >= 15 is 0 Å². The molecule has 14 heteroatoms. The standard InChI is InChI=1S/C36H32Cl2N4O6S2/c37-27-11-7-25(8-12-27)35-41(33(45)21-49-35)39-31(43)19-47-29-15-3-23(4-16-29)1-2-24-5-17-30(18-6-24)48-20-32(44)40-42-34(46)22-50-36(42)26-9-13-28(38)14-10-26/h3-18,35-36H,1-2,19-22H2,(H,39,43)(H,40,44). The van der Waals surface area contributed by atoms with Crippen LogP contribution >= 0.6 is 46.7 Å². The molecule has 50 heavy (non-hydrogen) atoms. The minimum absolute atomic E-state index is 0.183. The summed E-state index contributed by atoms with van der Waals surface area (Å²) in [5.74, 6) is 0.388. The quantitative estimate of drug-likeness (QED) is 0.167. The molecule has 2 saturated heterocycles. The molecule has 2 atom stereocenters. The number of hydrogen-bond acceptors (Lipinski definition) is 8. The molecule has 258 valence electrons. The molecule has 10 nitrogen and oxygen atoms in total. The number of amides is 4. The van der Waals surface area contributed by atoms with Crippen molar-refractivity contribution in [1.29, 1.82) is 0 Å². The second kappa shape index (κ2) is 16.6. The predicted octanol–water partition coefficient (Wildman–Crippen LogP) is 6.15. The molecule has 2 aliphatic rings. The van der Waals surface area contributed by atoms with E-state index in [0.29, 0.717) is 21.5 Å². The summed E-state index contributed by atoms with van der Waals surface area (Å²) in [6.07, 6.45) is 1.56. The van der Waals surface area contributed by atoms with Crippen LogP contribution in [0, 0.1) is 0 Å². The Balaban J connectivity index is 0.912. The van der Waals surface area contributed by atoms with E-state index in [9.17, 15) is 19.2 Å². The van der Waals surface area contributed by atoms with E-state index in [0.717, 1.165) is 35.1 Å². The Labute approximate surface area is 307 Å². The van der Waals surface area contributed by atoms with E-state index < -0.39 is 11.8 Å². The van der Waals surface area contributed by atoms with Gasteiger partial charge in [0.2, 0.25) is 0 Å². The first-order chi connectivity index (χ1) is 24.2. The lowest BCUT2D eigenvalue weighted by molar-refractivity contribution is -0.140. The molecule has 2 heterocycles. The van der Waals surface area contributed by atoms with Gasteiger partial charge in [0.1, 0.15) is 22.2 Å². The zero-order valence-electron chi connectivity index (χ0n) is 26.6. The molecule has 4 aromatic rings. The average molecular weight is 752 g/mol. The van der Waals surface area contributed by atoms with Gasteiger partial charge in [0.25, 0.3) is 23.6 Å². The van der Waals surface area contributed by atoms with Crippen molar-refractivity contribution in [2.75, 3.05) is 24.7 Å². The Kier molecular flexibility index (Phi) is 11.7. The van der Waals surface area contributed by atoms with Gasteiger partial charge in [-0.3, -0.25) is 30.0 Å². The first-order valence-corrected chi connectivity index (χ1v) is 18.5. The summed E-state index contributed by atoms with van der Waals surface area (Å²) in [6.45, 7) is -0.479. The number of hydrogen-bond donors (Lipinski definition) is 2. The van der Waals surface area contributed by atoms with Crippen LogP contribution in [0.5, 0.6) is 11.5 Å². The van der Waals surface area contributed by atoms with Crippen molar-refractivity contribution in [2.45, 2.75) is 23.6 Å². The first-order valence-electron chi connectivity index (χ1n) is 15.6. The Hall–Kier alpha value is -4.36. The molecule has 0 radical (unpaired) electrons. The molecule has 0 aliphatic carbocycles. The number of thioether (sulfide) groups is 2. The number of nitrogens with zero attached hydrogens (tertiary/aromatic N) is 2. The molecule has 2 aliphatic heterocycles. The van der Waals surface area contributed by atoms with Crippen molar-refractivity contribution < 1.29 is 28.7 Å². The second-order valence-electron chi connectivity index (χ2n) is 11.4. The van der Waals surface area contributed by atoms with Crippen molar-refractivity contribution in [3.05, 3.63) is 129 Å². The Morgan fingerprint density at radius 1 is 0.600 bits per heavy atom. The predicted molar refractivity (Wildman–Crippen MR) is 195 cm³/mol. The third-order valence-electron chi connectivity index (χ3n) is 7.83. The molecular weight excluding hydrogens is 719 g/mol. The molecule has 0 bridgehead atoms. The van der Waals surface area contributed by atoms with Gasteiger partial charge in [0, 0.05) is 10.0 Å². The number of nitrogens with one attached hydrogen (secondary N) is 2. The van der Waals surface area contributed by atoms with E-state index in [1.165, 1.54) is 33.5 Å². The van der Waals surface area contributed by atoms with Gasteiger partial charge in [-0.15, -0.1) is 23.5 Å². The molecular formula is C36H32Cl2N4O6S2. The molecule has 0 saturated carbocycles. The van der Waals surface area contributed by atoms with Crippen LogP contribution in [0.25, 0.3) is 0 Å². The van der Waals surface area contributed by atoms with Crippen LogP contribution in [0.2, 0.25) is 10.0 Å². The average Bonchev–Trinajstić information content (AvgIpc) is 3.67. The Morgan fingerprint density at radius 3 is 1.32 bits per heavy atom. The first kappa shape index (κ1) is 35.5. The molecule has 4 amide bonds. The molecule has 0 spiro atoms. The monoisotopic (exact) mass is 750 g/mol. The SMILES string of the molecule is O=C(COc1ccc(CCc2ccc(OCC(=O)NN3C(=O)CSC3c3ccc(Cl)cc3)cc2)cc1)NN1C(=O)CSC1c1ccc(Cl)cc1. The third kappa shape index (κ3) is 9.25. The number of aryl methyl sites for hydroxylation is 2. The lowest BCUT2D eigenvalue weighted by Gasteiger charge is -2.24. The Bertz CT molecular complexity index is 1690. The number of ether oxygens (including phenoxy) is 2. The maximum absolute atomic E-state index is 12.6. The molecule has 0 aromatic heterocycles. The summed E-state index contributed by atoms with van der Waals surface area (Å²) >= 11 is 14.8. The summed E-state index contributed by atoms with van der Waals surface area (Å²) in [6, 6.07) is 29.4. The summed E-state index contributed by atoms with van der Waals surface area (Å²) in [5.41, 5.74) is 9.27. The van der Waals surface area contributed by atoms with Crippen molar-refractivity contribution in [3.63, 3.8) is 0 Å². The highest BCUT2D eigenvalue weighted by atomic mass is 35.5. The topological polar surface area (TPSA) is 117 Å². The molecule has 6 rings (SSSR count). The summed E-state index contributed by atoms with van der Waals surface area (Å²) in [4.78, 5) is 50.1. The van der Waals surface area contributed by atoms with Gasteiger partial charge in [-0.25, -0.2) is 10.0 Å². The fraction of sp³-hybridized carbons (Fsp3) is 0.222. The molecule has 2 fully saturated rings. The minimum atomic E-state index is -0.430. The van der Waals surface area contributed by atoms with E-state index in [2.05, 4.69) is 10.9 Å². The van der Waals surface area contributed by atoms with E-state index in [4.69, 9.17) is 32.7 Å². The fourth-order valence-corrected chi connectivity index (χ4v) is 7.73. The normalized spacial score (nSPS) is 17.2. The number of carbonyl (C=O) groups excluding carboxylic acids is 4. The van der Waals surface area contributed by atoms with Crippen LogP contribution in [-0.4, -0.2) is 58.4 Å². The van der Waals surface area contributed by atoms with Gasteiger partial charge in [-0.2, -0.15) is 0 Å². The zero-order chi connectivity index (χ0) is 35.0. The lowest BCUT2D eigenvalue weighted by atomic mass is 10.0. The summed E-state index contributed by atoms with van der Waals surface area (Å²) in [7, 11) is 0. The highest BCUT2D eigenvalue weighted by Gasteiger charge is 2.35. The van der Waals surface area contributed by atoms with Crippen molar-refractivity contribution in [3.8, 4) is 11.5 Å². The van der Waals surface area contributed by atoms with Gasteiger partial charge in [-0.1, -0.05) is 71.7 Å². The number of benzene rings is 4. The molecule has 2 unspecified atom stereocenters. The summed E-state index contributed by atoms with van der Waals surface area (Å²) in [5, 5.41) is 3.21. The van der Waals surface area contributed by atoms with Crippen LogP contribution in [0.15, 0.2) is 97.1 Å². The number of carbonyl (C=O) groups is 4. The maximum atomic E-state index is 12.6. The highest BCUT2D eigenvalue weighted by molar-refractivity contribution is 8.00. The van der Waals surface area contributed by atoms with Gasteiger partial charge >= 0.3 is 0 Å². The van der Waals surface area contributed by atoms with E-state index in [1.54, 1.807) is 24.3 Å². The zero-order valence-corrected chi connectivity index (χ0v) is 29.7. The van der Waals surface area contributed by atoms with Crippen LogP contribution in [0.4, 0.5) is 0 Å². The van der Waals surface area contributed by atoms with Crippen molar-refractivity contribution in [1.82, 2.24) is 20.9 Å². The molecule has 2 N–H and O–H groups in total. The highest BCUT2D eigenvalue weighted by Crippen LogP contribution is 2.38. The fourth-order valence-electron chi connectivity index (χ4n) is 5.26.